The topological polar surface area (TPSA) is 60.7 Å². The number of aryl methyl sites for hydroxylation is 1. The lowest BCUT2D eigenvalue weighted by molar-refractivity contribution is 0.703. The Bertz CT molecular complexity index is 535. The van der Waals surface area contributed by atoms with E-state index in [2.05, 4.69) is 14.6 Å². The molecule has 0 amide bonds. The number of aromatic nitrogens is 4. The van der Waals surface area contributed by atoms with Gasteiger partial charge in [-0.2, -0.15) is 0 Å². The van der Waals surface area contributed by atoms with Crippen molar-refractivity contribution in [1.29, 1.82) is 0 Å². The fourth-order valence-electron chi connectivity index (χ4n) is 1.13. The molecule has 0 spiro atoms. The maximum absolute atomic E-state index is 11.4. The summed E-state index contributed by atoms with van der Waals surface area (Å²) in [6.07, 6.45) is 3.24. The Kier molecular flexibility index (Phi) is 2.79. The van der Waals surface area contributed by atoms with Gasteiger partial charge in [0, 0.05) is 23.9 Å². The molecule has 5 nitrogen and oxygen atoms in total. The quantitative estimate of drug-likeness (QED) is 0.791. The molecule has 2 heterocycles. The van der Waals surface area contributed by atoms with Crippen LogP contribution in [0.5, 0.6) is 0 Å². The second-order valence-corrected chi connectivity index (χ2v) is 4.39. The van der Waals surface area contributed by atoms with Gasteiger partial charge in [-0.3, -0.25) is 4.57 Å². The Morgan fingerprint density at radius 2 is 2.40 bits per heavy atom. The van der Waals surface area contributed by atoms with E-state index >= 15 is 0 Å². The van der Waals surface area contributed by atoms with Crippen LogP contribution in [0.15, 0.2) is 17.2 Å². The summed E-state index contributed by atoms with van der Waals surface area (Å²) in [4.78, 5) is 15.1. The normalized spacial score (nSPS) is 10.5. The van der Waals surface area contributed by atoms with Crippen LogP contribution >= 0.6 is 23.1 Å². The summed E-state index contributed by atoms with van der Waals surface area (Å²) in [5.41, 5.74) is 1.19. The Morgan fingerprint density at radius 3 is 3.07 bits per heavy atom. The van der Waals surface area contributed by atoms with Crippen LogP contribution in [0.2, 0.25) is 4.34 Å². The van der Waals surface area contributed by atoms with Crippen molar-refractivity contribution in [3.63, 3.8) is 0 Å². The summed E-state index contributed by atoms with van der Waals surface area (Å²) in [5, 5.41) is 3.83. The van der Waals surface area contributed by atoms with Gasteiger partial charge < -0.3 is 0 Å². The smallest absolute Gasteiger partial charge is 0.293 e. The average Bonchev–Trinajstić information content (AvgIpc) is 2.58. The number of nitrogens with zero attached hydrogens (tertiary/aromatic N) is 4. The van der Waals surface area contributed by atoms with Crippen molar-refractivity contribution in [3.8, 4) is 0 Å². The van der Waals surface area contributed by atoms with Crippen LogP contribution in [0.3, 0.4) is 0 Å². The van der Waals surface area contributed by atoms with Crippen LogP contribution in [-0.4, -0.2) is 19.1 Å². The lowest BCUT2D eigenvalue weighted by Crippen LogP contribution is -2.23. The summed E-state index contributed by atoms with van der Waals surface area (Å²) in [5.74, 6) is 0. The van der Waals surface area contributed by atoms with Gasteiger partial charge in [0.1, 0.15) is 10.0 Å². The van der Waals surface area contributed by atoms with Gasteiger partial charge in [-0.25, -0.2) is 9.78 Å². The third-order valence-electron chi connectivity index (χ3n) is 1.81. The van der Waals surface area contributed by atoms with Crippen molar-refractivity contribution in [2.24, 2.45) is 0 Å². The first-order valence-corrected chi connectivity index (χ1v) is 5.32. The minimum atomic E-state index is -0.315. The SMILES string of the molecule is Cc1cnc(=O)n(Cc2nnsc2Cl)c1. The molecule has 2 rings (SSSR count). The fraction of sp³-hybridized carbons (Fsp3) is 0.250. The van der Waals surface area contributed by atoms with Crippen LogP contribution in [0.4, 0.5) is 0 Å². The van der Waals surface area contributed by atoms with E-state index < -0.39 is 0 Å². The molecule has 78 valence electrons. The molecule has 2 aromatic heterocycles. The van der Waals surface area contributed by atoms with Crippen LogP contribution in [0.1, 0.15) is 11.3 Å². The summed E-state index contributed by atoms with van der Waals surface area (Å²) < 4.78 is 5.65. The van der Waals surface area contributed by atoms with Crippen LogP contribution in [-0.2, 0) is 6.54 Å². The third-order valence-corrected chi connectivity index (χ3v) is 2.80. The van der Waals surface area contributed by atoms with Crippen molar-refractivity contribution in [2.45, 2.75) is 13.5 Å². The van der Waals surface area contributed by atoms with Gasteiger partial charge in [0.05, 0.1) is 6.54 Å². The van der Waals surface area contributed by atoms with Crippen molar-refractivity contribution >= 4 is 23.1 Å². The molecule has 2 aromatic rings. The Hall–Kier alpha value is -1.27. The van der Waals surface area contributed by atoms with Gasteiger partial charge in [0.25, 0.3) is 0 Å². The van der Waals surface area contributed by atoms with Gasteiger partial charge in [-0.05, 0) is 12.5 Å². The van der Waals surface area contributed by atoms with E-state index in [1.54, 1.807) is 6.20 Å². The first-order valence-electron chi connectivity index (χ1n) is 4.16. The molecule has 0 N–H and O–H groups in total. The average molecular weight is 243 g/mol. The van der Waals surface area contributed by atoms with E-state index in [1.165, 1.54) is 10.8 Å². The van der Waals surface area contributed by atoms with Crippen LogP contribution in [0.25, 0.3) is 0 Å². The number of hydrogen-bond acceptors (Lipinski definition) is 5. The molecule has 0 bridgehead atoms. The minimum absolute atomic E-state index is 0.308. The first-order chi connectivity index (χ1) is 7.16. The predicted molar refractivity (Wildman–Crippen MR) is 57.3 cm³/mol. The molecule has 0 saturated carbocycles. The van der Waals surface area contributed by atoms with E-state index in [-0.39, 0.29) is 5.69 Å². The highest BCUT2D eigenvalue weighted by atomic mass is 35.5. The number of rotatable bonds is 2. The molecule has 0 aliphatic rings. The van der Waals surface area contributed by atoms with Gasteiger partial charge in [-0.1, -0.05) is 16.1 Å². The van der Waals surface area contributed by atoms with E-state index in [4.69, 9.17) is 11.6 Å². The second kappa shape index (κ2) is 4.08. The van der Waals surface area contributed by atoms with Crippen molar-refractivity contribution in [3.05, 3.63) is 38.5 Å². The highest BCUT2D eigenvalue weighted by molar-refractivity contribution is 7.10. The fourth-order valence-corrected chi connectivity index (χ4v) is 1.74. The highest BCUT2D eigenvalue weighted by Gasteiger charge is 2.07. The molecular weight excluding hydrogens is 236 g/mol. The molecule has 0 unspecified atom stereocenters. The first kappa shape index (κ1) is 10.3. The van der Waals surface area contributed by atoms with E-state index in [0.717, 1.165) is 17.1 Å². The molecule has 0 fully saturated rings. The lowest BCUT2D eigenvalue weighted by Gasteiger charge is -2.02. The van der Waals surface area contributed by atoms with E-state index in [9.17, 15) is 4.79 Å². The standard InChI is InChI=1S/C8H7ClN4OS/c1-5-2-10-8(14)13(3-5)4-6-7(9)15-12-11-6/h2-3H,4H2,1H3. The molecule has 0 aliphatic heterocycles. The zero-order valence-electron chi connectivity index (χ0n) is 7.85. The molecule has 0 aromatic carbocycles. The van der Waals surface area contributed by atoms with E-state index in [1.807, 2.05) is 6.92 Å². The van der Waals surface area contributed by atoms with E-state index in [0.29, 0.717) is 16.6 Å². The second-order valence-electron chi connectivity index (χ2n) is 3.04. The monoisotopic (exact) mass is 242 g/mol. The third kappa shape index (κ3) is 2.21. The van der Waals surface area contributed by atoms with Crippen molar-refractivity contribution < 1.29 is 0 Å². The van der Waals surface area contributed by atoms with Gasteiger partial charge in [-0.15, -0.1) is 5.10 Å². The summed E-state index contributed by atoms with van der Waals surface area (Å²) in [6.45, 7) is 2.17. The highest BCUT2D eigenvalue weighted by Crippen LogP contribution is 2.17. The molecule has 7 heteroatoms. The molecule has 15 heavy (non-hydrogen) atoms. The maximum Gasteiger partial charge on any atom is 0.347 e. The molecular formula is C8H7ClN4OS. The largest absolute Gasteiger partial charge is 0.347 e. The van der Waals surface area contributed by atoms with Gasteiger partial charge >= 0.3 is 5.69 Å². The predicted octanol–water partition coefficient (Wildman–Crippen LogP) is 1.10. The summed E-state index contributed by atoms with van der Waals surface area (Å²) in [7, 11) is 0. The number of hydrogen-bond donors (Lipinski definition) is 0. The molecule has 0 atom stereocenters. The van der Waals surface area contributed by atoms with Crippen molar-refractivity contribution in [1.82, 2.24) is 19.1 Å². The summed E-state index contributed by atoms with van der Waals surface area (Å²) in [6, 6.07) is 0. The molecule has 0 radical (unpaired) electrons. The lowest BCUT2D eigenvalue weighted by atomic mass is 10.4. The Labute approximate surface area is 94.5 Å². The molecule has 0 aliphatic carbocycles. The zero-order chi connectivity index (χ0) is 10.8. The van der Waals surface area contributed by atoms with Crippen LogP contribution < -0.4 is 5.69 Å². The maximum atomic E-state index is 11.4. The number of halogens is 1. The summed E-state index contributed by atoms with van der Waals surface area (Å²) >= 11 is 6.94. The Morgan fingerprint density at radius 1 is 1.60 bits per heavy atom. The Balaban J connectivity index is 2.36. The molecule has 0 saturated heterocycles. The van der Waals surface area contributed by atoms with Crippen molar-refractivity contribution in [2.75, 3.05) is 0 Å². The van der Waals surface area contributed by atoms with Gasteiger partial charge in [0.2, 0.25) is 0 Å². The van der Waals surface area contributed by atoms with Gasteiger partial charge in [0.15, 0.2) is 0 Å². The zero-order valence-corrected chi connectivity index (χ0v) is 9.42. The minimum Gasteiger partial charge on any atom is -0.293 e. The van der Waals surface area contributed by atoms with Crippen LogP contribution in [0, 0.1) is 6.92 Å².